The van der Waals surface area contributed by atoms with Gasteiger partial charge >= 0.3 is 0 Å². The minimum atomic E-state index is 0.318. The Hall–Kier alpha value is -1.66. The topological polar surface area (TPSA) is 40.0 Å². The van der Waals surface area contributed by atoms with Crippen molar-refractivity contribution in [1.82, 2.24) is 9.80 Å². The molecule has 1 amide bonds. The van der Waals surface area contributed by atoms with Crippen molar-refractivity contribution in [3.63, 3.8) is 0 Å². The summed E-state index contributed by atoms with van der Waals surface area (Å²) >= 11 is 5.64. The van der Waals surface area contributed by atoms with Gasteiger partial charge in [0.15, 0.2) is 11.7 Å². The number of amides is 1. The Balaban J connectivity index is 1.47. The second-order valence-electron chi connectivity index (χ2n) is 8.91. The van der Waals surface area contributed by atoms with Gasteiger partial charge in [0, 0.05) is 18.8 Å². The summed E-state index contributed by atoms with van der Waals surface area (Å²) < 4.78 is 0. The number of nitrogens with zero attached hydrogens (tertiary/aromatic N) is 2. The number of rotatable bonds is 3. The number of likely N-dealkylation sites (tertiary alicyclic amines) is 1. The van der Waals surface area contributed by atoms with E-state index in [4.69, 9.17) is 12.2 Å². The van der Waals surface area contributed by atoms with Crippen LogP contribution in [-0.4, -0.2) is 66.6 Å². The van der Waals surface area contributed by atoms with Crippen molar-refractivity contribution in [3.8, 4) is 0 Å². The van der Waals surface area contributed by atoms with E-state index in [0.29, 0.717) is 24.3 Å². The van der Waals surface area contributed by atoms with Crippen LogP contribution in [0, 0.1) is 25.7 Å². The van der Waals surface area contributed by atoms with Crippen LogP contribution in [0.4, 0.5) is 5.69 Å². The van der Waals surface area contributed by atoms with E-state index in [1.807, 2.05) is 0 Å². The predicted molar refractivity (Wildman–Crippen MR) is 119 cm³/mol. The fraction of sp³-hybridized carbons (Fsp3) is 0.636. The first kappa shape index (κ1) is 21.1. The maximum absolute atomic E-state index is 12.7. The average Bonchev–Trinajstić information content (AvgIpc) is 2.64. The molecule has 28 heavy (non-hydrogen) atoms. The number of thiocarbonyl (C=S) groups is 1. The molecule has 0 radical (unpaired) electrons. The highest BCUT2D eigenvalue weighted by Gasteiger charge is 2.29. The molecule has 1 aromatic carbocycles. The van der Waals surface area contributed by atoms with Gasteiger partial charge in [0.25, 0.3) is 5.91 Å². The molecule has 2 heterocycles. The highest BCUT2D eigenvalue weighted by Crippen LogP contribution is 2.20. The molecule has 2 saturated heterocycles. The first-order chi connectivity index (χ1) is 13.3. The molecule has 0 aromatic heterocycles. The van der Waals surface area contributed by atoms with Crippen LogP contribution in [0.15, 0.2) is 18.2 Å². The summed E-state index contributed by atoms with van der Waals surface area (Å²) in [6, 6.07) is 6.38. The molecule has 1 aromatic rings. The second-order valence-corrected chi connectivity index (χ2v) is 9.29. The van der Waals surface area contributed by atoms with E-state index in [0.717, 1.165) is 50.1 Å². The van der Waals surface area contributed by atoms with Crippen LogP contribution in [0.1, 0.15) is 31.4 Å². The Morgan fingerprint density at radius 3 is 2.43 bits per heavy atom. The zero-order valence-corrected chi connectivity index (χ0v) is 18.6. The van der Waals surface area contributed by atoms with E-state index in [9.17, 15) is 4.79 Å². The fourth-order valence-electron chi connectivity index (χ4n) is 4.46. The average molecular weight is 404 g/mol. The molecule has 2 fully saturated rings. The van der Waals surface area contributed by atoms with Gasteiger partial charge in [0.05, 0.1) is 26.2 Å². The van der Waals surface area contributed by atoms with Gasteiger partial charge in [-0.1, -0.05) is 26.0 Å². The van der Waals surface area contributed by atoms with Crippen LogP contribution < -0.4 is 10.2 Å². The number of nitrogens with one attached hydrogen (secondary N) is 2. The molecule has 2 atom stereocenters. The molecule has 2 aliphatic rings. The van der Waals surface area contributed by atoms with Crippen molar-refractivity contribution in [3.05, 3.63) is 29.3 Å². The molecular weight excluding hydrogens is 368 g/mol. The smallest absolute Gasteiger partial charge is 0.277 e. The number of anilines is 1. The normalized spacial score (nSPS) is 23.6. The van der Waals surface area contributed by atoms with E-state index in [1.54, 1.807) is 0 Å². The summed E-state index contributed by atoms with van der Waals surface area (Å²) in [5, 5.41) is 4.20. The van der Waals surface area contributed by atoms with Crippen molar-refractivity contribution in [2.45, 2.75) is 34.1 Å². The summed E-state index contributed by atoms with van der Waals surface area (Å²) in [6.45, 7) is 14.9. The summed E-state index contributed by atoms with van der Waals surface area (Å²) in [7, 11) is 0. The summed E-state index contributed by atoms with van der Waals surface area (Å²) in [6.07, 6.45) is 1.24. The minimum absolute atomic E-state index is 0.318. The number of hydrogen-bond donors (Lipinski definition) is 2. The van der Waals surface area contributed by atoms with E-state index in [2.05, 4.69) is 61.0 Å². The number of piperazine rings is 1. The lowest BCUT2D eigenvalue weighted by molar-refractivity contribution is -0.896. The molecular formula is C22H35N4OS+. The van der Waals surface area contributed by atoms with Gasteiger partial charge in [-0.15, -0.1) is 0 Å². The molecule has 0 unspecified atom stereocenters. The van der Waals surface area contributed by atoms with Crippen molar-refractivity contribution in [2.24, 2.45) is 11.8 Å². The van der Waals surface area contributed by atoms with Gasteiger partial charge in [0.2, 0.25) is 0 Å². The van der Waals surface area contributed by atoms with Gasteiger partial charge in [-0.2, -0.15) is 0 Å². The molecule has 0 saturated carbocycles. The Morgan fingerprint density at radius 1 is 1.14 bits per heavy atom. The molecule has 154 valence electrons. The number of aryl methyl sites for hydroxylation is 2. The maximum atomic E-state index is 12.7. The summed E-state index contributed by atoms with van der Waals surface area (Å²) in [4.78, 5) is 18.4. The summed E-state index contributed by atoms with van der Waals surface area (Å²) in [5.74, 6) is 1.55. The number of hydrogen-bond acceptors (Lipinski definition) is 2. The highest BCUT2D eigenvalue weighted by molar-refractivity contribution is 7.80. The minimum Gasteiger partial charge on any atom is -0.338 e. The SMILES string of the molecule is Cc1ccc(C)c(NC(=S)N2CC[NH+](CC(=O)N3C[C@H](C)C[C@@H](C)C3)CC2)c1. The first-order valence-electron chi connectivity index (χ1n) is 10.6. The van der Waals surface area contributed by atoms with Gasteiger partial charge in [-0.3, -0.25) is 4.79 Å². The van der Waals surface area contributed by atoms with E-state index in [1.165, 1.54) is 22.4 Å². The molecule has 2 aliphatic heterocycles. The van der Waals surface area contributed by atoms with Crippen molar-refractivity contribution < 1.29 is 9.69 Å². The fourth-order valence-corrected chi connectivity index (χ4v) is 4.75. The standard InChI is InChI=1S/C22H34N4OS/c1-16-5-6-19(4)20(12-16)23-22(28)25-9-7-24(8-10-25)15-21(27)26-13-17(2)11-18(3)14-26/h5-6,12,17-18H,7-11,13-15H2,1-4H3,(H,23,28)/p+1/t17-,18-/m1/s1. The molecule has 0 bridgehead atoms. The predicted octanol–water partition coefficient (Wildman–Crippen LogP) is 1.71. The Kier molecular flexibility index (Phi) is 6.94. The third kappa shape index (κ3) is 5.45. The monoisotopic (exact) mass is 403 g/mol. The molecule has 6 heteroatoms. The van der Waals surface area contributed by atoms with Gasteiger partial charge in [-0.05, 0) is 61.5 Å². The quantitative estimate of drug-likeness (QED) is 0.754. The van der Waals surface area contributed by atoms with Gasteiger partial charge in [-0.25, -0.2) is 0 Å². The third-order valence-electron chi connectivity index (χ3n) is 6.02. The number of carbonyl (C=O) groups is 1. The largest absolute Gasteiger partial charge is 0.338 e. The molecule has 0 spiro atoms. The summed E-state index contributed by atoms with van der Waals surface area (Å²) in [5.41, 5.74) is 3.51. The first-order valence-corrected chi connectivity index (χ1v) is 11.0. The van der Waals surface area contributed by atoms with Crippen molar-refractivity contribution in [2.75, 3.05) is 51.1 Å². The van der Waals surface area contributed by atoms with Crippen LogP contribution in [0.5, 0.6) is 0 Å². The zero-order chi connectivity index (χ0) is 20.3. The zero-order valence-electron chi connectivity index (χ0n) is 17.8. The van der Waals surface area contributed by atoms with Crippen molar-refractivity contribution in [1.29, 1.82) is 0 Å². The van der Waals surface area contributed by atoms with Crippen LogP contribution >= 0.6 is 12.2 Å². The van der Waals surface area contributed by atoms with E-state index < -0.39 is 0 Å². The van der Waals surface area contributed by atoms with Crippen LogP contribution in [0.25, 0.3) is 0 Å². The Morgan fingerprint density at radius 2 is 1.79 bits per heavy atom. The number of carbonyl (C=O) groups excluding carboxylic acids is 1. The van der Waals surface area contributed by atoms with Gasteiger partial charge in [0.1, 0.15) is 0 Å². The van der Waals surface area contributed by atoms with E-state index >= 15 is 0 Å². The highest BCUT2D eigenvalue weighted by atomic mass is 32.1. The molecule has 2 N–H and O–H groups in total. The third-order valence-corrected chi connectivity index (χ3v) is 6.38. The maximum Gasteiger partial charge on any atom is 0.277 e. The van der Waals surface area contributed by atoms with Crippen LogP contribution in [0.2, 0.25) is 0 Å². The lowest BCUT2D eigenvalue weighted by Gasteiger charge is -2.37. The van der Waals surface area contributed by atoms with Crippen LogP contribution in [0.3, 0.4) is 0 Å². The Bertz CT molecular complexity index is 704. The second kappa shape index (κ2) is 9.23. The molecule has 5 nitrogen and oxygen atoms in total. The molecule has 3 rings (SSSR count). The number of quaternary nitrogens is 1. The molecule has 0 aliphatic carbocycles. The van der Waals surface area contributed by atoms with Crippen LogP contribution in [-0.2, 0) is 4.79 Å². The number of benzene rings is 1. The lowest BCUT2D eigenvalue weighted by Crippen LogP contribution is -3.15. The number of piperidine rings is 1. The van der Waals surface area contributed by atoms with E-state index in [-0.39, 0.29) is 0 Å². The van der Waals surface area contributed by atoms with Gasteiger partial charge < -0.3 is 20.0 Å². The lowest BCUT2D eigenvalue weighted by atomic mass is 9.92. The van der Waals surface area contributed by atoms with Crippen molar-refractivity contribution >= 4 is 28.9 Å². The Labute approximate surface area is 175 Å².